The molecule has 0 bridgehead atoms. The minimum atomic E-state index is -0.869. The Kier molecular flexibility index (Phi) is 3.22. The first-order chi connectivity index (χ1) is 7.53. The second-order valence-electron chi connectivity index (χ2n) is 5.51. The van der Waals surface area contributed by atoms with Gasteiger partial charge in [0.15, 0.2) is 0 Å². The van der Waals surface area contributed by atoms with Crippen LogP contribution in [0.5, 0.6) is 0 Å². The highest BCUT2D eigenvalue weighted by Gasteiger charge is 2.39. The van der Waals surface area contributed by atoms with Gasteiger partial charge in [0.1, 0.15) is 5.54 Å². The minimum Gasteiger partial charge on any atom is -0.468 e. The monoisotopic (exact) mass is 226 g/mol. The Bertz CT molecular complexity index is 270. The lowest BCUT2D eigenvalue weighted by Crippen LogP contribution is -2.55. The summed E-state index contributed by atoms with van der Waals surface area (Å²) in [5.41, 5.74) is 5.15. The second kappa shape index (κ2) is 4.34. The predicted octanol–water partition coefficient (Wildman–Crippen LogP) is 0.751. The van der Waals surface area contributed by atoms with Gasteiger partial charge in [-0.05, 0) is 38.5 Å². The van der Waals surface area contributed by atoms with Crippen LogP contribution in [0.4, 0.5) is 0 Å². The molecule has 0 spiro atoms. The normalized spacial score (nSPS) is 24.2. The van der Waals surface area contributed by atoms with Crippen LogP contribution < -0.4 is 5.73 Å². The van der Waals surface area contributed by atoms with E-state index in [4.69, 9.17) is 10.5 Å². The highest BCUT2D eigenvalue weighted by molar-refractivity contribution is 5.80. The van der Waals surface area contributed by atoms with Gasteiger partial charge in [-0.3, -0.25) is 9.69 Å². The molecule has 0 amide bonds. The first-order valence-electron chi connectivity index (χ1n) is 6.14. The highest BCUT2D eigenvalue weighted by atomic mass is 16.5. The third-order valence-electron chi connectivity index (χ3n) is 3.44. The van der Waals surface area contributed by atoms with Crippen molar-refractivity contribution in [3.63, 3.8) is 0 Å². The molecule has 2 N–H and O–H groups in total. The Morgan fingerprint density at radius 2 is 2.06 bits per heavy atom. The van der Waals surface area contributed by atoms with E-state index in [0.717, 1.165) is 12.5 Å². The van der Waals surface area contributed by atoms with Crippen LogP contribution in [0.25, 0.3) is 0 Å². The van der Waals surface area contributed by atoms with Gasteiger partial charge in [0, 0.05) is 19.1 Å². The lowest BCUT2D eigenvalue weighted by Gasteiger charge is -2.30. The Morgan fingerprint density at radius 3 is 2.50 bits per heavy atom. The fourth-order valence-corrected chi connectivity index (χ4v) is 2.13. The van der Waals surface area contributed by atoms with E-state index in [9.17, 15) is 4.79 Å². The molecule has 2 saturated carbocycles. The first-order valence-corrected chi connectivity index (χ1v) is 6.14. The molecule has 0 aromatic carbocycles. The van der Waals surface area contributed by atoms with Gasteiger partial charge >= 0.3 is 5.97 Å². The van der Waals surface area contributed by atoms with E-state index in [0.29, 0.717) is 12.6 Å². The fraction of sp³-hybridized carbons (Fsp3) is 0.917. The van der Waals surface area contributed by atoms with E-state index in [1.807, 2.05) is 0 Å². The smallest absolute Gasteiger partial charge is 0.326 e. The Labute approximate surface area is 97.1 Å². The highest BCUT2D eigenvalue weighted by Crippen LogP contribution is 2.35. The molecule has 92 valence electrons. The van der Waals surface area contributed by atoms with E-state index in [-0.39, 0.29) is 5.97 Å². The van der Waals surface area contributed by atoms with Crippen molar-refractivity contribution in [3.8, 4) is 0 Å². The molecule has 2 aliphatic carbocycles. The summed E-state index contributed by atoms with van der Waals surface area (Å²) in [4.78, 5) is 13.9. The van der Waals surface area contributed by atoms with Crippen LogP contribution >= 0.6 is 0 Å². The van der Waals surface area contributed by atoms with Crippen LogP contribution in [-0.4, -0.2) is 42.6 Å². The van der Waals surface area contributed by atoms with Crippen molar-refractivity contribution < 1.29 is 9.53 Å². The van der Waals surface area contributed by atoms with Crippen molar-refractivity contribution >= 4 is 5.97 Å². The van der Waals surface area contributed by atoms with Crippen molar-refractivity contribution in [3.05, 3.63) is 0 Å². The Hall–Kier alpha value is -0.610. The maximum absolute atomic E-state index is 11.5. The Balaban J connectivity index is 1.90. The van der Waals surface area contributed by atoms with Gasteiger partial charge in [0.2, 0.25) is 0 Å². The molecule has 2 fully saturated rings. The molecule has 0 heterocycles. The average Bonchev–Trinajstić information content (AvgIpc) is 3.06. The molecule has 0 saturated heterocycles. The van der Waals surface area contributed by atoms with E-state index in [1.165, 1.54) is 32.8 Å². The average molecular weight is 226 g/mol. The van der Waals surface area contributed by atoms with Crippen LogP contribution in [-0.2, 0) is 9.53 Å². The number of nitrogens with zero attached hydrogens (tertiary/aromatic N) is 1. The summed E-state index contributed by atoms with van der Waals surface area (Å²) in [7, 11) is 1.40. The third kappa shape index (κ3) is 2.95. The number of nitrogens with two attached hydrogens (primary N) is 1. The van der Waals surface area contributed by atoms with Crippen LogP contribution in [0.1, 0.15) is 32.6 Å². The lowest BCUT2D eigenvalue weighted by atomic mass is 10.0. The molecule has 1 atom stereocenters. The van der Waals surface area contributed by atoms with E-state index < -0.39 is 5.54 Å². The van der Waals surface area contributed by atoms with Gasteiger partial charge in [-0.15, -0.1) is 0 Å². The standard InChI is InChI=1S/C12H22N2O2/c1-12(13,11(15)16-2)8-14(10-5-6-10)7-9-3-4-9/h9-10H,3-8,13H2,1-2H3. The maximum Gasteiger partial charge on any atom is 0.326 e. The van der Waals surface area contributed by atoms with Crippen LogP contribution in [0.3, 0.4) is 0 Å². The molecular weight excluding hydrogens is 204 g/mol. The van der Waals surface area contributed by atoms with Gasteiger partial charge in [-0.25, -0.2) is 0 Å². The number of rotatable bonds is 6. The van der Waals surface area contributed by atoms with Crippen molar-refractivity contribution in [2.24, 2.45) is 11.7 Å². The zero-order valence-electron chi connectivity index (χ0n) is 10.2. The molecule has 2 aliphatic rings. The summed E-state index contributed by atoms with van der Waals surface area (Å²) in [6.45, 7) is 3.50. The summed E-state index contributed by atoms with van der Waals surface area (Å²) in [6, 6.07) is 0.660. The number of carbonyl (C=O) groups is 1. The van der Waals surface area contributed by atoms with Gasteiger partial charge in [0.25, 0.3) is 0 Å². The summed E-state index contributed by atoms with van der Waals surface area (Å²) >= 11 is 0. The van der Waals surface area contributed by atoms with Gasteiger partial charge in [0.05, 0.1) is 7.11 Å². The molecule has 0 aromatic heterocycles. The Morgan fingerprint density at radius 1 is 1.44 bits per heavy atom. The molecule has 4 heteroatoms. The largest absolute Gasteiger partial charge is 0.468 e. The zero-order valence-corrected chi connectivity index (χ0v) is 10.2. The second-order valence-corrected chi connectivity index (χ2v) is 5.51. The van der Waals surface area contributed by atoms with Gasteiger partial charge in [-0.1, -0.05) is 0 Å². The summed E-state index contributed by atoms with van der Waals surface area (Å²) in [5, 5.41) is 0. The summed E-state index contributed by atoms with van der Waals surface area (Å²) < 4.78 is 4.75. The van der Waals surface area contributed by atoms with Crippen molar-refractivity contribution in [1.29, 1.82) is 0 Å². The summed E-state index contributed by atoms with van der Waals surface area (Å²) in [6.07, 6.45) is 5.18. The van der Waals surface area contributed by atoms with Gasteiger partial charge in [-0.2, -0.15) is 0 Å². The number of hydrogen-bond donors (Lipinski definition) is 1. The number of esters is 1. The van der Waals surface area contributed by atoms with Crippen LogP contribution in [0.2, 0.25) is 0 Å². The molecule has 0 aliphatic heterocycles. The molecule has 16 heavy (non-hydrogen) atoms. The van der Waals surface area contributed by atoms with Crippen molar-refractivity contribution in [2.75, 3.05) is 20.2 Å². The quantitative estimate of drug-likeness (QED) is 0.679. The number of carbonyl (C=O) groups excluding carboxylic acids is 1. The van der Waals surface area contributed by atoms with Crippen LogP contribution in [0, 0.1) is 5.92 Å². The molecule has 4 nitrogen and oxygen atoms in total. The number of hydrogen-bond acceptors (Lipinski definition) is 4. The fourth-order valence-electron chi connectivity index (χ4n) is 2.13. The third-order valence-corrected chi connectivity index (χ3v) is 3.44. The van der Waals surface area contributed by atoms with Crippen molar-refractivity contribution in [2.45, 2.75) is 44.2 Å². The topological polar surface area (TPSA) is 55.6 Å². The molecule has 2 rings (SSSR count). The molecule has 0 aromatic rings. The van der Waals surface area contributed by atoms with Crippen molar-refractivity contribution in [1.82, 2.24) is 4.90 Å². The maximum atomic E-state index is 11.5. The van der Waals surface area contributed by atoms with Gasteiger partial charge < -0.3 is 10.5 Å². The summed E-state index contributed by atoms with van der Waals surface area (Å²) in [5.74, 6) is 0.531. The predicted molar refractivity (Wildman–Crippen MR) is 61.9 cm³/mol. The van der Waals surface area contributed by atoms with E-state index >= 15 is 0 Å². The molecule has 1 unspecified atom stereocenters. The van der Waals surface area contributed by atoms with Crippen LogP contribution in [0.15, 0.2) is 0 Å². The number of ether oxygens (including phenoxy) is 1. The van der Waals surface area contributed by atoms with E-state index in [2.05, 4.69) is 4.90 Å². The number of methoxy groups -OCH3 is 1. The SMILES string of the molecule is COC(=O)C(C)(N)CN(CC1CC1)C1CC1. The zero-order chi connectivity index (χ0) is 11.8. The lowest BCUT2D eigenvalue weighted by molar-refractivity contribution is -0.147. The molecule has 0 radical (unpaired) electrons. The van der Waals surface area contributed by atoms with E-state index in [1.54, 1.807) is 6.92 Å². The first kappa shape index (κ1) is 11.9. The minimum absolute atomic E-state index is 0.311. The molecular formula is C12H22N2O2.